The first-order valence-corrected chi connectivity index (χ1v) is 9.62. The minimum absolute atomic E-state index is 0.118. The van der Waals surface area contributed by atoms with Crippen molar-refractivity contribution < 1.29 is 14.1 Å². The molecule has 0 fully saturated rings. The summed E-state index contributed by atoms with van der Waals surface area (Å²) in [6.45, 7) is 2.44. The van der Waals surface area contributed by atoms with Crippen molar-refractivity contribution in [2.45, 2.75) is 19.9 Å². The van der Waals surface area contributed by atoms with Crippen LogP contribution in [0.5, 0.6) is 0 Å². The van der Waals surface area contributed by atoms with Gasteiger partial charge in [0.25, 0.3) is 0 Å². The maximum atomic E-state index is 11.9. The standard InChI is InChI=1S/C20H17BrN4O3/c1-2-27-19(26)11-16-14-8-4-6-10-17(14)25(23-16)12-18-22-20(24-28-18)13-7-3-5-9-15(13)21/h3-10H,2,11-12H2,1H3. The number of nitrogens with zero attached hydrogens (tertiary/aromatic N) is 4. The molecule has 2 aromatic heterocycles. The number of ether oxygens (including phenoxy) is 1. The number of benzene rings is 2. The number of hydrogen-bond donors (Lipinski definition) is 0. The van der Waals surface area contributed by atoms with E-state index < -0.39 is 0 Å². The Kier molecular flexibility index (Phi) is 5.21. The summed E-state index contributed by atoms with van der Waals surface area (Å²) in [6, 6.07) is 15.4. The van der Waals surface area contributed by atoms with Crippen molar-refractivity contribution in [1.82, 2.24) is 19.9 Å². The largest absolute Gasteiger partial charge is 0.466 e. The number of rotatable bonds is 6. The molecule has 4 aromatic rings. The van der Waals surface area contributed by atoms with E-state index in [1.165, 1.54) is 0 Å². The molecule has 0 aliphatic carbocycles. The molecule has 0 atom stereocenters. The van der Waals surface area contributed by atoms with E-state index in [1.54, 1.807) is 11.6 Å². The van der Waals surface area contributed by atoms with E-state index in [1.807, 2.05) is 48.5 Å². The third-order valence-corrected chi connectivity index (χ3v) is 4.91. The maximum absolute atomic E-state index is 11.9. The van der Waals surface area contributed by atoms with Gasteiger partial charge in [-0.2, -0.15) is 10.1 Å². The Hall–Kier alpha value is -3.00. The molecule has 0 saturated heterocycles. The van der Waals surface area contributed by atoms with Gasteiger partial charge >= 0.3 is 5.97 Å². The lowest BCUT2D eigenvalue weighted by atomic mass is 10.2. The molecule has 28 heavy (non-hydrogen) atoms. The first-order valence-electron chi connectivity index (χ1n) is 8.83. The fourth-order valence-electron chi connectivity index (χ4n) is 3.00. The molecule has 0 aliphatic rings. The summed E-state index contributed by atoms with van der Waals surface area (Å²) in [6.07, 6.45) is 0.118. The topological polar surface area (TPSA) is 83.0 Å². The van der Waals surface area contributed by atoms with Crippen molar-refractivity contribution >= 4 is 32.8 Å². The molecule has 0 radical (unpaired) electrons. The summed E-state index contributed by atoms with van der Waals surface area (Å²) in [5.74, 6) is 0.638. The molecule has 0 aliphatic heterocycles. The van der Waals surface area contributed by atoms with Gasteiger partial charge in [0.2, 0.25) is 11.7 Å². The monoisotopic (exact) mass is 440 g/mol. The summed E-state index contributed by atoms with van der Waals surface area (Å²) in [7, 11) is 0. The summed E-state index contributed by atoms with van der Waals surface area (Å²) >= 11 is 3.50. The van der Waals surface area contributed by atoms with Crippen LogP contribution in [0.1, 0.15) is 18.5 Å². The minimum Gasteiger partial charge on any atom is -0.466 e. The van der Waals surface area contributed by atoms with E-state index in [-0.39, 0.29) is 12.4 Å². The van der Waals surface area contributed by atoms with Crippen LogP contribution in [0.3, 0.4) is 0 Å². The van der Waals surface area contributed by atoms with Gasteiger partial charge < -0.3 is 9.26 Å². The van der Waals surface area contributed by atoms with Crippen molar-refractivity contribution in [1.29, 1.82) is 0 Å². The lowest BCUT2D eigenvalue weighted by Crippen LogP contribution is -2.09. The number of carbonyl (C=O) groups is 1. The Bertz CT molecular complexity index is 1140. The van der Waals surface area contributed by atoms with Crippen molar-refractivity contribution in [2.75, 3.05) is 6.61 Å². The van der Waals surface area contributed by atoms with Crippen molar-refractivity contribution in [3.05, 3.63) is 64.6 Å². The van der Waals surface area contributed by atoms with Crippen LogP contribution in [0.2, 0.25) is 0 Å². The van der Waals surface area contributed by atoms with E-state index in [0.717, 1.165) is 20.9 Å². The number of halogens is 1. The first kappa shape index (κ1) is 18.4. The molecule has 2 heterocycles. The predicted molar refractivity (Wildman–Crippen MR) is 107 cm³/mol. The Morgan fingerprint density at radius 2 is 1.96 bits per heavy atom. The van der Waals surface area contributed by atoms with E-state index in [4.69, 9.17) is 9.26 Å². The molecule has 0 N–H and O–H groups in total. The third kappa shape index (κ3) is 3.68. The van der Waals surface area contributed by atoms with Crippen molar-refractivity contribution in [3.63, 3.8) is 0 Å². The molecule has 0 amide bonds. The molecular formula is C20H17BrN4O3. The zero-order valence-electron chi connectivity index (χ0n) is 15.1. The quantitative estimate of drug-likeness (QED) is 0.421. The highest BCUT2D eigenvalue weighted by Crippen LogP contribution is 2.26. The van der Waals surface area contributed by atoms with Crippen LogP contribution in [0.15, 0.2) is 57.5 Å². The van der Waals surface area contributed by atoms with Gasteiger partial charge in [-0.25, -0.2) is 0 Å². The number of aromatic nitrogens is 4. The van der Waals surface area contributed by atoms with E-state index in [9.17, 15) is 4.79 Å². The van der Waals surface area contributed by atoms with Crippen LogP contribution in [0.25, 0.3) is 22.3 Å². The number of para-hydroxylation sites is 1. The highest BCUT2D eigenvalue weighted by molar-refractivity contribution is 9.10. The Morgan fingerprint density at radius 3 is 2.79 bits per heavy atom. The maximum Gasteiger partial charge on any atom is 0.311 e. The molecule has 7 nitrogen and oxygen atoms in total. The second kappa shape index (κ2) is 7.93. The number of carbonyl (C=O) groups excluding carboxylic acids is 1. The van der Waals surface area contributed by atoms with Gasteiger partial charge in [0, 0.05) is 15.4 Å². The smallest absolute Gasteiger partial charge is 0.311 e. The average Bonchev–Trinajstić information content (AvgIpc) is 3.28. The third-order valence-electron chi connectivity index (χ3n) is 4.22. The first-order chi connectivity index (χ1) is 13.7. The molecule has 0 spiro atoms. The van der Waals surface area contributed by atoms with Gasteiger partial charge in [0.05, 0.1) is 24.2 Å². The molecule has 4 rings (SSSR count). The molecular weight excluding hydrogens is 424 g/mol. The molecule has 0 unspecified atom stereocenters. The van der Waals surface area contributed by atoms with E-state index in [2.05, 4.69) is 31.2 Å². The van der Waals surface area contributed by atoms with Crippen LogP contribution < -0.4 is 0 Å². The normalized spacial score (nSPS) is 11.1. The molecule has 142 valence electrons. The Labute approximate surface area is 169 Å². The predicted octanol–water partition coefficient (Wildman–Crippen LogP) is 4.00. The SMILES string of the molecule is CCOC(=O)Cc1nn(Cc2nc(-c3ccccc3Br)no2)c2ccccc12. The molecule has 8 heteroatoms. The zero-order chi connectivity index (χ0) is 19.5. The number of fused-ring (bicyclic) bond motifs is 1. The summed E-state index contributed by atoms with van der Waals surface area (Å²) in [5.41, 5.74) is 2.41. The number of esters is 1. The van der Waals surface area contributed by atoms with Crippen molar-refractivity contribution in [2.24, 2.45) is 0 Å². The van der Waals surface area contributed by atoms with Crippen LogP contribution in [-0.2, 0) is 22.5 Å². The minimum atomic E-state index is -0.299. The molecule has 2 aromatic carbocycles. The Morgan fingerprint density at radius 1 is 1.18 bits per heavy atom. The fourth-order valence-corrected chi connectivity index (χ4v) is 3.46. The van der Waals surface area contributed by atoms with Crippen LogP contribution in [-0.4, -0.2) is 32.5 Å². The second-order valence-electron chi connectivity index (χ2n) is 6.09. The Balaban J connectivity index is 1.64. The van der Waals surface area contributed by atoms with Crippen LogP contribution in [0, 0.1) is 0 Å². The summed E-state index contributed by atoms with van der Waals surface area (Å²) in [4.78, 5) is 16.4. The van der Waals surface area contributed by atoms with E-state index in [0.29, 0.717) is 30.6 Å². The van der Waals surface area contributed by atoms with Gasteiger partial charge in [0.15, 0.2) is 0 Å². The van der Waals surface area contributed by atoms with Gasteiger partial charge in [-0.1, -0.05) is 51.4 Å². The zero-order valence-corrected chi connectivity index (χ0v) is 16.7. The highest BCUT2D eigenvalue weighted by Gasteiger charge is 2.17. The summed E-state index contributed by atoms with van der Waals surface area (Å²) in [5, 5.41) is 9.56. The molecule has 0 saturated carbocycles. The van der Waals surface area contributed by atoms with E-state index >= 15 is 0 Å². The average molecular weight is 441 g/mol. The van der Waals surface area contributed by atoms with Crippen molar-refractivity contribution in [3.8, 4) is 11.4 Å². The second-order valence-corrected chi connectivity index (χ2v) is 6.95. The fraction of sp³-hybridized carbons (Fsp3) is 0.200. The van der Waals surface area contributed by atoms with Gasteiger partial charge in [-0.3, -0.25) is 9.48 Å². The lowest BCUT2D eigenvalue weighted by molar-refractivity contribution is -0.142. The summed E-state index contributed by atoms with van der Waals surface area (Å²) < 4.78 is 13.1. The molecule has 0 bridgehead atoms. The highest BCUT2D eigenvalue weighted by atomic mass is 79.9. The lowest BCUT2D eigenvalue weighted by Gasteiger charge is -1.99. The number of hydrogen-bond acceptors (Lipinski definition) is 6. The van der Waals surface area contributed by atoms with Gasteiger partial charge in [0.1, 0.15) is 6.54 Å². The van der Waals surface area contributed by atoms with Crippen LogP contribution in [0.4, 0.5) is 0 Å². The van der Waals surface area contributed by atoms with Gasteiger partial charge in [-0.15, -0.1) is 0 Å². The van der Waals surface area contributed by atoms with Gasteiger partial charge in [-0.05, 0) is 25.1 Å². The van der Waals surface area contributed by atoms with Crippen LogP contribution >= 0.6 is 15.9 Å².